The molecule has 2 aromatic rings. The van der Waals surface area contributed by atoms with Crippen molar-refractivity contribution in [2.45, 2.75) is 32.6 Å². The summed E-state index contributed by atoms with van der Waals surface area (Å²) in [5.74, 6) is 0.821. The molecule has 23 heavy (non-hydrogen) atoms. The van der Waals surface area contributed by atoms with Gasteiger partial charge < -0.3 is 9.47 Å². The van der Waals surface area contributed by atoms with Gasteiger partial charge in [0.15, 0.2) is 0 Å². The Bertz CT molecular complexity index is 690. The first-order chi connectivity index (χ1) is 10.9. The first kappa shape index (κ1) is 17.5. The van der Waals surface area contributed by atoms with Crippen LogP contribution in [0, 0.1) is 0 Å². The Balaban J connectivity index is 2.13. The molecule has 122 valence electrons. The number of methoxy groups -OCH3 is 1. The lowest BCUT2D eigenvalue weighted by molar-refractivity contribution is 0.0734. The average Bonchev–Trinajstić information content (AvgIpc) is 2.55. The van der Waals surface area contributed by atoms with Crippen molar-refractivity contribution in [1.82, 2.24) is 0 Å². The molecular formula is C19H21BrO3. The molecule has 0 aliphatic carbocycles. The summed E-state index contributed by atoms with van der Waals surface area (Å²) in [5, 5.41) is 0. The maximum absolute atomic E-state index is 12.2. The van der Waals surface area contributed by atoms with Crippen molar-refractivity contribution >= 4 is 21.9 Å². The molecule has 2 rings (SSSR count). The Labute approximate surface area is 145 Å². The molecule has 0 aliphatic rings. The quantitative estimate of drug-likeness (QED) is 0.520. The molecule has 0 saturated heterocycles. The number of rotatable bonds is 5. The molecule has 0 aromatic heterocycles. The molecule has 0 radical (unpaired) electrons. The minimum absolute atomic E-state index is 0.114. The van der Waals surface area contributed by atoms with E-state index in [1.54, 1.807) is 25.3 Å². The molecule has 3 nitrogen and oxygen atoms in total. The predicted octanol–water partition coefficient (Wildman–Crippen LogP) is 5.36. The molecule has 0 fully saturated rings. The lowest BCUT2D eigenvalue weighted by atomic mass is 9.82. The van der Waals surface area contributed by atoms with Crippen LogP contribution in [0.15, 0.2) is 46.9 Å². The summed E-state index contributed by atoms with van der Waals surface area (Å²) in [4.78, 5) is 12.2. The predicted molar refractivity (Wildman–Crippen MR) is 95.4 cm³/mol. The highest BCUT2D eigenvalue weighted by atomic mass is 79.9. The zero-order chi connectivity index (χ0) is 17.0. The van der Waals surface area contributed by atoms with Crippen molar-refractivity contribution in [2.75, 3.05) is 7.11 Å². The fourth-order valence-corrected chi connectivity index (χ4v) is 2.68. The van der Waals surface area contributed by atoms with E-state index in [2.05, 4.69) is 36.7 Å². The summed E-state index contributed by atoms with van der Waals surface area (Å²) in [6.07, 6.45) is 1.05. The van der Waals surface area contributed by atoms with Gasteiger partial charge in [-0.25, -0.2) is 4.79 Å². The Kier molecular flexibility index (Phi) is 5.47. The largest absolute Gasteiger partial charge is 0.496 e. The van der Waals surface area contributed by atoms with Gasteiger partial charge in [-0.1, -0.05) is 32.9 Å². The first-order valence-corrected chi connectivity index (χ1v) is 8.33. The van der Waals surface area contributed by atoms with E-state index >= 15 is 0 Å². The fraction of sp³-hybridized carbons (Fsp3) is 0.316. The summed E-state index contributed by atoms with van der Waals surface area (Å²) < 4.78 is 11.3. The number of benzene rings is 2. The highest BCUT2D eigenvalue weighted by molar-refractivity contribution is 9.10. The summed E-state index contributed by atoms with van der Waals surface area (Å²) in [6, 6.07) is 12.8. The van der Waals surface area contributed by atoms with Crippen molar-refractivity contribution in [3.63, 3.8) is 0 Å². The van der Waals surface area contributed by atoms with E-state index in [1.807, 2.05) is 24.3 Å². The lowest BCUT2D eigenvalue weighted by Crippen LogP contribution is -2.15. The smallest absolute Gasteiger partial charge is 0.343 e. The van der Waals surface area contributed by atoms with Crippen molar-refractivity contribution in [3.8, 4) is 11.5 Å². The fourth-order valence-electron chi connectivity index (χ4n) is 2.14. The number of carbonyl (C=O) groups excluding carboxylic acids is 1. The van der Waals surface area contributed by atoms with E-state index in [9.17, 15) is 4.79 Å². The van der Waals surface area contributed by atoms with Gasteiger partial charge in [0.05, 0.1) is 17.1 Å². The maximum Gasteiger partial charge on any atom is 0.343 e. The van der Waals surface area contributed by atoms with Crippen LogP contribution in [0.1, 0.15) is 43.1 Å². The molecule has 0 saturated carbocycles. The van der Waals surface area contributed by atoms with Crippen LogP contribution < -0.4 is 9.47 Å². The van der Waals surface area contributed by atoms with Gasteiger partial charge in [-0.05, 0) is 63.7 Å². The molecule has 0 amide bonds. The van der Waals surface area contributed by atoms with Gasteiger partial charge in [0.25, 0.3) is 0 Å². The monoisotopic (exact) mass is 376 g/mol. The van der Waals surface area contributed by atoms with E-state index in [1.165, 1.54) is 5.56 Å². The molecule has 2 aromatic carbocycles. The van der Waals surface area contributed by atoms with Crippen LogP contribution in [-0.4, -0.2) is 13.1 Å². The van der Waals surface area contributed by atoms with Gasteiger partial charge >= 0.3 is 5.97 Å². The Morgan fingerprint density at radius 3 is 2.30 bits per heavy atom. The lowest BCUT2D eigenvalue weighted by Gasteiger charge is -2.23. The number of esters is 1. The molecule has 4 heteroatoms. The normalized spacial score (nSPS) is 11.2. The van der Waals surface area contributed by atoms with E-state index in [0.717, 1.165) is 10.9 Å². The van der Waals surface area contributed by atoms with E-state index in [4.69, 9.17) is 9.47 Å². The van der Waals surface area contributed by atoms with Crippen LogP contribution in [0.5, 0.6) is 11.5 Å². The average molecular weight is 377 g/mol. The number of ether oxygens (including phenoxy) is 2. The van der Waals surface area contributed by atoms with Crippen molar-refractivity contribution in [1.29, 1.82) is 0 Å². The Hall–Kier alpha value is -1.81. The standard InChI is InChI=1S/C19H21BrO3/c1-5-19(2,3)14-7-9-15(10-8-14)23-18(21)13-6-11-17(22-4)16(20)12-13/h6-12H,5H2,1-4H3. The zero-order valence-electron chi connectivity index (χ0n) is 13.9. The minimum Gasteiger partial charge on any atom is -0.496 e. The molecule has 0 spiro atoms. The number of hydrogen-bond acceptors (Lipinski definition) is 3. The number of halogens is 1. The Morgan fingerprint density at radius 1 is 1.13 bits per heavy atom. The SMILES string of the molecule is CCC(C)(C)c1ccc(OC(=O)c2ccc(OC)c(Br)c2)cc1. The molecule has 0 N–H and O–H groups in total. The third-order valence-corrected chi connectivity index (χ3v) is 4.74. The molecule has 0 aliphatic heterocycles. The van der Waals surface area contributed by atoms with Gasteiger partial charge in [0.2, 0.25) is 0 Å². The Morgan fingerprint density at radius 2 is 1.78 bits per heavy atom. The van der Waals surface area contributed by atoms with Gasteiger partial charge in [-0.2, -0.15) is 0 Å². The van der Waals surface area contributed by atoms with Crippen molar-refractivity contribution in [3.05, 3.63) is 58.1 Å². The highest BCUT2D eigenvalue weighted by Crippen LogP contribution is 2.29. The minimum atomic E-state index is -0.393. The second-order valence-corrected chi connectivity index (χ2v) is 6.85. The second kappa shape index (κ2) is 7.18. The number of carbonyl (C=O) groups is 1. The van der Waals surface area contributed by atoms with Crippen molar-refractivity contribution < 1.29 is 14.3 Å². The van der Waals surface area contributed by atoms with Gasteiger partial charge in [-0.15, -0.1) is 0 Å². The molecular weight excluding hydrogens is 356 g/mol. The maximum atomic E-state index is 12.2. The third-order valence-electron chi connectivity index (χ3n) is 4.12. The topological polar surface area (TPSA) is 35.5 Å². The van der Waals surface area contributed by atoms with Crippen LogP contribution >= 0.6 is 15.9 Å². The van der Waals surface area contributed by atoms with E-state index < -0.39 is 5.97 Å². The van der Waals surface area contributed by atoms with Crippen LogP contribution in [0.2, 0.25) is 0 Å². The molecule has 0 atom stereocenters. The summed E-state index contributed by atoms with van der Waals surface area (Å²) in [7, 11) is 1.58. The summed E-state index contributed by atoms with van der Waals surface area (Å²) in [6.45, 7) is 6.56. The van der Waals surface area contributed by atoms with Crippen LogP contribution in [0.4, 0.5) is 0 Å². The summed E-state index contributed by atoms with van der Waals surface area (Å²) >= 11 is 3.37. The number of hydrogen-bond donors (Lipinski definition) is 0. The van der Waals surface area contributed by atoms with E-state index in [0.29, 0.717) is 17.1 Å². The summed E-state index contributed by atoms with van der Waals surface area (Å²) in [5.41, 5.74) is 1.81. The van der Waals surface area contributed by atoms with Crippen molar-refractivity contribution in [2.24, 2.45) is 0 Å². The molecule has 0 heterocycles. The van der Waals surface area contributed by atoms with E-state index in [-0.39, 0.29) is 5.41 Å². The van der Waals surface area contributed by atoms with Gasteiger partial charge in [-0.3, -0.25) is 0 Å². The molecule has 0 unspecified atom stereocenters. The van der Waals surface area contributed by atoms with Gasteiger partial charge in [0, 0.05) is 0 Å². The van der Waals surface area contributed by atoms with Crippen LogP contribution in [0.3, 0.4) is 0 Å². The highest BCUT2D eigenvalue weighted by Gasteiger charge is 2.18. The third kappa shape index (κ3) is 4.14. The first-order valence-electron chi connectivity index (χ1n) is 7.53. The zero-order valence-corrected chi connectivity index (χ0v) is 15.4. The van der Waals surface area contributed by atoms with Crippen LogP contribution in [0.25, 0.3) is 0 Å². The van der Waals surface area contributed by atoms with Gasteiger partial charge in [0.1, 0.15) is 11.5 Å². The van der Waals surface area contributed by atoms with Crippen LogP contribution in [-0.2, 0) is 5.41 Å². The molecule has 0 bridgehead atoms. The second-order valence-electron chi connectivity index (χ2n) is 6.00.